The summed E-state index contributed by atoms with van der Waals surface area (Å²) in [6.07, 6.45) is 4.46. The Bertz CT molecular complexity index is 472. The van der Waals surface area contributed by atoms with Crippen molar-refractivity contribution >= 4 is 5.97 Å². The summed E-state index contributed by atoms with van der Waals surface area (Å²) in [6.45, 7) is 1.66. The Labute approximate surface area is 99.0 Å². The summed E-state index contributed by atoms with van der Waals surface area (Å²) in [5.74, 6) is -0.918. The van der Waals surface area contributed by atoms with Crippen molar-refractivity contribution in [1.82, 2.24) is 9.97 Å². The molecule has 1 heterocycles. The lowest BCUT2D eigenvalue weighted by Gasteiger charge is -2.25. The van der Waals surface area contributed by atoms with Gasteiger partial charge in [0.05, 0.1) is 0 Å². The fraction of sp³-hybridized carbons (Fsp3) is 0.154. The molecule has 1 atom stereocenters. The molecular formula is C13H12N2O2. The number of hydrogen-bond acceptors (Lipinski definition) is 3. The van der Waals surface area contributed by atoms with Gasteiger partial charge >= 0.3 is 5.97 Å². The number of aliphatic carboxylic acids is 1. The number of rotatable bonds is 3. The van der Waals surface area contributed by atoms with Crippen LogP contribution < -0.4 is 0 Å². The Kier molecular flexibility index (Phi) is 2.87. The molecule has 0 aliphatic rings. The van der Waals surface area contributed by atoms with Crippen LogP contribution in [0.2, 0.25) is 0 Å². The topological polar surface area (TPSA) is 63.1 Å². The third-order valence-corrected chi connectivity index (χ3v) is 2.92. The summed E-state index contributed by atoms with van der Waals surface area (Å²) in [5.41, 5.74) is 0.156. The molecule has 0 spiro atoms. The quantitative estimate of drug-likeness (QED) is 0.871. The van der Waals surface area contributed by atoms with E-state index in [9.17, 15) is 9.90 Å². The van der Waals surface area contributed by atoms with Crippen LogP contribution in [0.4, 0.5) is 0 Å². The largest absolute Gasteiger partial charge is 0.480 e. The second kappa shape index (κ2) is 4.33. The second-order valence-corrected chi connectivity index (χ2v) is 3.92. The minimum Gasteiger partial charge on any atom is -0.480 e. The molecule has 4 nitrogen and oxygen atoms in total. The van der Waals surface area contributed by atoms with Gasteiger partial charge in [0.25, 0.3) is 0 Å². The van der Waals surface area contributed by atoms with Gasteiger partial charge in [-0.15, -0.1) is 0 Å². The van der Waals surface area contributed by atoms with E-state index in [-0.39, 0.29) is 0 Å². The Hall–Kier alpha value is -2.23. The van der Waals surface area contributed by atoms with E-state index in [1.165, 1.54) is 18.7 Å². The molecule has 4 heteroatoms. The highest BCUT2D eigenvalue weighted by Crippen LogP contribution is 2.31. The molecule has 17 heavy (non-hydrogen) atoms. The first-order valence-electron chi connectivity index (χ1n) is 5.20. The summed E-state index contributed by atoms with van der Waals surface area (Å²) >= 11 is 0. The predicted molar refractivity (Wildman–Crippen MR) is 62.6 cm³/mol. The maximum atomic E-state index is 11.6. The van der Waals surface area contributed by atoms with Crippen molar-refractivity contribution in [3.05, 3.63) is 60.2 Å². The number of benzene rings is 1. The van der Waals surface area contributed by atoms with Crippen LogP contribution >= 0.6 is 0 Å². The fourth-order valence-corrected chi connectivity index (χ4v) is 1.74. The van der Waals surface area contributed by atoms with Gasteiger partial charge in [-0.1, -0.05) is 30.3 Å². The minimum atomic E-state index is -1.12. The van der Waals surface area contributed by atoms with Crippen molar-refractivity contribution in [3.63, 3.8) is 0 Å². The van der Waals surface area contributed by atoms with Gasteiger partial charge in [0.2, 0.25) is 0 Å². The van der Waals surface area contributed by atoms with E-state index in [0.717, 1.165) is 0 Å². The van der Waals surface area contributed by atoms with Gasteiger partial charge in [0.1, 0.15) is 11.7 Å². The van der Waals surface area contributed by atoms with Crippen LogP contribution in [-0.2, 0) is 10.2 Å². The molecule has 0 aliphatic carbocycles. The van der Waals surface area contributed by atoms with Gasteiger partial charge in [-0.05, 0) is 12.5 Å². The lowest BCUT2D eigenvalue weighted by Crippen LogP contribution is -2.33. The van der Waals surface area contributed by atoms with Gasteiger partial charge in [-0.25, -0.2) is 9.97 Å². The average molecular weight is 228 g/mol. The Morgan fingerprint density at radius 2 is 1.71 bits per heavy atom. The maximum absolute atomic E-state index is 11.6. The zero-order valence-corrected chi connectivity index (χ0v) is 9.37. The molecule has 2 rings (SSSR count). The van der Waals surface area contributed by atoms with Gasteiger partial charge < -0.3 is 5.11 Å². The van der Waals surface area contributed by atoms with Crippen molar-refractivity contribution < 1.29 is 9.90 Å². The van der Waals surface area contributed by atoms with E-state index in [1.54, 1.807) is 19.1 Å². The summed E-state index contributed by atoms with van der Waals surface area (Å²) in [6, 6.07) is 9.08. The normalized spacial score (nSPS) is 13.9. The van der Waals surface area contributed by atoms with Crippen molar-refractivity contribution in [2.75, 3.05) is 0 Å². The van der Waals surface area contributed by atoms with Crippen LogP contribution in [0.5, 0.6) is 0 Å². The van der Waals surface area contributed by atoms with Gasteiger partial charge in [0, 0.05) is 18.0 Å². The van der Waals surface area contributed by atoms with E-state index in [4.69, 9.17) is 0 Å². The first-order valence-corrected chi connectivity index (χ1v) is 5.20. The number of nitrogens with zero attached hydrogens (tertiary/aromatic N) is 2. The van der Waals surface area contributed by atoms with Crippen molar-refractivity contribution in [2.45, 2.75) is 12.3 Å². The van der Waals surface area contributed by atoms with Crippen LogP contribution in [0.1, 0.15) is 18.1 Å². The smallest absolute Gasteiger partial charge is 0.318 e. The van der Waals surface area contributed by atoms with Crippen LogP contribution in [0, 0.1) is 0 Å². The number of carboxylic acids is 1. The molecule has 0 amide bonds. The second-order valence-electron chi connectivity index (χ2n) is 3.92. The van der Waals surface area contributed by atoms with Crippen LogP contribution in [0.25, 0.3) is 0 Å². The van der Waals surface area contributed by atoms with Gasteiger partial charge in [-0.2, -0.15) is 0 Å². The van der Waals surface area contributed by atoms with E-state index >= 15 is 0 Å². The molecule has 2 aromatic rings. The molecule has 1 aromatic heterocycles. The van der Waals surface area contributed by atoms with E-state index in [0.29, 0.717) is 11.1 Å². The highest BCUT2D eigenvalue weighted by atomic mass is 16.4. The molecule has 0 radical (unpaired) electrons. The zero-order valence-electron chi connectivity index (χ0n) is 9.37. The number of carboxylic acid groups (broad SMARTS) is 1. The predicted octanol–water partition coefficient (Wildman–Crippen LogP) is 1.87. The zero-order chi connectivity index (χ0) is 12.3. The van der Waals surface area contributed by atoms with Crippen LogP contribution in [0.3, 0.4) is 0 Å². The highest BCUT2D eigenvalue weighted by molar-refractivity contribution is 5.85. The van der Waals surface area contributed by atoms with Crippen LogP contribution in [-0.4, -0.2) is 21.0 Å². The molecular weight excluding hydrogens is 216 g/mol. The lowest BCUT2D eigenvalue weighted by atomic mass is 9.77. The first-order chi connectivity index (χ1) is 8.15. The van der Waals surface area contributed by atoms with Crippen LogP contribution in [0.15, 0.2) is 49.1 Å². The third-order valence-electron chi connectivity index (χ3n) is 2.92. The van der Waals surface area contributed by atoms with E-state index < -0.39 is 11.4 Å². The summed E-state index contributed by atoms with van der Waals surface area (Å²) in [7, 11) is 0. The summed E-state index contributed by atoms with van der Waals surface area (Å²) in [4.78, 5) is 19.3. The van der Waals surface area contributed by atoms with Crippen molar-refractivity contribution in [3.8, 4) is 0 Å². The number of carbonyl (C=O) groups is 1. The number of hydrogen-bond donors (Lipinski definition) is 1. The summed E-state index contributed by atoms with van der Waals surface area (Å²) in [5, 5.41) is 9.48. The average Bonchev–Trinajstić information content (AvgIpc) is 2.39. The molecule has 1 aromatic carbocycles. The van der Waals surface area contributed by atoms with Gasteiger partial charge in [0.15, 0.2) is 0 Å². The highest BCUT2D eigenvalue weighted by Gasteiger charge is 2.37. The monoisotopic (exact) mass is 228 g/mol. The Morgan fingerprint density at radius 1 is 1.12 bits per heavy atom. The Balaban J connectivity index is 2.59. The molecule has 1 unspecified atom stereocenters. The lowest BCUT2D eigenvalue weighted by molar-refractivity contribution is -0.141. The molecule has 1 N–H and O–H groups in total. The van der Waals surface area contributed by atoms with E-state index in [1.807, 2.05) is 18.2 Å². The molecule has 0 saturated carbocycles. The SMILES string of the molecule is CC(C(=O)O)(c1ccccc1)c1cncnc1. The molecule has 0 aliphatic heterocycles. The van der Waals surface area contributed by atoms with Crippen molar-refractivity contribution in [1.29, 1.82) is 0 Å². The van der Waals surface area contributed by atoms with Crippen molar-refractivity contribution in [2.24, 2.45) is 0 Å². The summed E-state index contributed by atoms with van der Waals surface area (Å²) < 4.78 is 0. The standard InChI is InChI=1S/C13H12N2O2/c1-13(12(16)17,10-5-3-2-4-6-10)11-7-14-9-15-8-11/h2-9H,1H3,(H,16,17). The fourth-order valence-electron chi connectivity index (χ4n) is 1.74. The molecule has 86 valence electrons. The minimum absolute atomic E-state index is 0.568. The molecule has 0 fully saturated rings. The van der Waals surface area contributed by atoms with E-state index in [2.05, 4.69) is 9.97 Å². The third kappa shape index (κ3) is 1.89. The Morgan fingerprint density at radius 3 is 2.24 bits per heavy atom. The number of aromatic nitrogens is 2. The van der Waals surface area contributed by atoms with Gasteiger partial charge in [-0.3, -0.25) is 4.79 Å². The molecule has 0 saturated heterocycles. The maximum Gasteiger partial charge on any atom is 0.318 e. The molecule has 0 bridgehead atoms. The first kappa shape index (κ1) is 11.3.